The Morgan fingerprint density at radius 1 is 1.43 bits per heavy atom. The Balaban J connectivity index is 1.89. The highest BCUT2D eigenvalue weighted by molar-refractivity contribution is 7.89. The molecule has 6 nitrogen and oxygen atoms in total. The van der Waals surface area contributed by atoms with Crippen molar-refractivity contribution in [1.82, 2.24) is 9.88 Å². The highest BCUT2D eigenvalue weighted by Crippen LogP contribution is 2.29. The molecule has 124 valence electrons. The van der Waals surface area contributed by atoms with Crippen LogP contribution in [0.3, 0.4) is 0 Å². The standard InChI is InChI=1S/C15H19N3O3S2/c1-11-10-22-15(17-11)13-9-21-7-6-18(13)8-12-4-2-3-5-14(12)23(16,19)20/h2-5,10,13H,6-9H2,1H3,(H2,16,19,20). The zero-order valence-electron chi connectivity index (χ0n) is 12.8. The van der Waals surface area contributed by atoms with Crippen molar-refractivity contribution in [2.75, 3.05) is 19.8 Å². The van der Waals surface area contributed by atoms with Crippen LogP contribution < -0.4 is 5.14 Å². The van der Waals surface area contributed by atoms with E-state index in [9.17, 15) is 8.42 Å². The van der Waals surface area contributed by atoms with Crippen LogP contribution in [0.5, 0.6) is 0 Å². The summed E-state index contributed by atoms with van der Waals surface area (Å²) in [5.74, 6) is 0. The summed E-state index contributed by atoms with van der Waals surface area (Å²) in [6.07, 6.45) is 0. The number of nitrogens with zero attached hydrogens (tertiary/aromatic N) is 2. The highest BCUT2D eigenvalue weighted by atomic mass is 32.2. The second-order valence-electron chi connectivity index (χ2n) is 5.54. The van der Waals surface area contributed by atoms with E-state index in [0.29, 0.717) is 25.3 Å². The van der Waals surface area contributed by atoms with Crippen molar-refractivity contribution in [2.24, 2.45) is 5.14 Å². The lowest BCUT2D eigenvalue weighted by Gasteiger charge is -2.34. The number of thiazole rings is 1. The van der Waals surface area contributed by atoms with E-state index in [-0.39, 0.29) is 10.9 Å². The lowest BCUT2D eigenvalue weighted by atomic mass is 10.1. The summed E-state index contributed by atoms with van der Waals surface area (Å²) < 4.78 is 29.1. The third kappa shape index (κ3) is 3.78. The van der Waals surface area contributed by atoms with E-state index < -0.39 is 10.0 Å². The number of hydrogen-bond donors (Lipinski definition) is 1. The van der Waals surface area contributed by atoms with Gasteiger partial charge in [-0.2, -0.15) is 0 Å². The number of rotatable bonds is 4. The topological polar surface area (TPSA) is 85.5 Å². The van der Waals surface area contributed by atoms with Gasteiger partial charge in [0.05, 0.1) is 24.2 Å². The Morgan fingerprint density at radius 2 is 2.22 bits per heavy atom. The van der Waals surface area contributed by atoms with Gasteiger partial charge in [0.15, 0.2) is 0 Å². The van der Waals surface area contributed by atoms with Gasteiger partial charge in [-0.1, -0.05) is 18.2 Å². The molecule has 1 saturated heterocycles. The minimum absolute atomic E-state index is 0.0379. The molecule has 0 saturated carbocycles. The number of aryl methyl sites for hydroxylation is 1. The maximum absolute atomic E-state index is 11.8. The van der Waals surface area contributed by atoms with Gasteiger partial charge in [-0.25, -0.2) is 18.5 Å². The first-order valence-corrected chi connectivity index (χ1v) is 9.72. The van der Waals surface area contributed by atoms with E-state index in [2.05, 4.69) is 9.88 Å². The molecular formula is C15H19N3O3S2. The van der Waals surface area contributed by atoms with E-state index in [1.54, 1.807) is 29.5 Å². The summed E-state index contributed by atoms with van der Waals surface area (Å²) in [6.45, 7) is 4.37. The Hall–Kier alpha value is -1.32. The van der Waals surface area contributed by atoms with Gasteiger partial charge in [-0.3, -0.25) is 4.90 Å². The van der Waals surface area contributed by atoms with Crippen LogP contribution in [0.1, 0.15) is 22.3 Å². The summed E-state index contributed by atoms with van der Waals surface area (Å²) in [4.78, 5) is 6.93. The minimum Gasteiger partial charge on any atom is -0.378 e. The van der Waals surface area contributed by atoms with Crippen molar-refractivity contribution in [3.8, 4) is 0 Å². The molecule has 2 aromatic rings. The van der Waals surface area contributed by atoms with E-state index in [4.69, 9.17) is 9.88 Å². The van der Waals surface area contributed by atoms with Crippen LogP contribution in [0, 0.1) is 6.92 Å². The smallest absolute Gasteiger partial charge is 0.238 e. The van der Waals surface area contributed by atoms with Crippen LogP contribution in [-0.2, 0) is 21.3 Å². The summed E-state index contributed by atoms with van der Waals surface area (Å²) >= 11 is 1.60. The number of sulfonamides is 1. The molecule has 2 heterocycles. The van der Waals surface area contributed by atoms with Crippen molar-refractivity contribution in [3.63, 3.8) is 0 Å². The number of aromatic nitrogens is 1. The zero-order chi connectivity index (χ0) is 16.4. The normalized spacial score (nSPS) is 19.8. The van der Waals surface area contributed by atoms with Crippen LogP contribution in [0.25, 0.3) is 0 Å². The van der Waals surface area contributed by atoms with Crippen LogP contribution in [0.2, 0.25) is 0 Å². The molecule has 1 unspecified atom stereocenters. The molecule has 0 amide bonds. The molecule has 1 fully saturated rings. The van der Waals surface area contributed by atoms with Gasteiger partial charge in [0, 0.05) is 24.2 Å². The molecule has 1 aromatic carbocycles. The number of nitrogens with two attached hydrogens (primary N) is 1. The molecule has 3 rings (SSSR count). The Kier molecular flexibility index (Phi) is 4.79. The van der Waals surface area contributed by atoms with E-state index in [1.165, 1.54) is 0 Å². The first-order chi connectivity index (χ1) is 10.9. The van der Waals surface area contributed by atoms with Crippen LogP contribution in [0.4, 0.5) is 0 Å². The number of morpholine rings is 1. The highest BCUT2D eigenvalue weighted by Gasteiger charge is 2.28. The van der Waals surface area contributed by atoms with Gasteiger partial charge >= 0.3 is 0 Å². The van der Waals surface area contributed by atoms with Gasteiger partial charge < -0.3 is 4.74 Å². The minimum atomic E-state index is -3.73. The van der Waals surface area contributed by atoms with Crippen molar-refractivity contribution in [2.45, 2.75) is 24.4 Å². The molecule has 23 heavy (non-hydrogen) atoms. The van der Waals surface area contributed by atoms with Crippen molar-refractivity contribution >= 4 is 21.4 Å². The maximum Gasteiger partial charge on any atom is 0.238 e. The predicted octanol–water partition coefficient (Wildman–Crippen LogP) is 1.67. The van der Waals surface area contributed by atoms with Crippen molar-refractivity contribution in [3.05, 3.63) is 45.9 Å². The molecule has 1 aliphatic heterocycles. The largest absolute Gasteiger partial charge is 0.378 e. The lowest BCUT2D eigenvalue weighted by molar-refractivity contribution is -0.0131. The van der Waals surface area contributed by atoms with Gasteiger partial charge in [0.25, 0.3) is 0 Å². The van der Waals surface area contributed by atoms with Crippen LogP contribution in [-0.4, -0.2) is 38.1 Å². The molecule has 2 N–H and O–H groups in total. The third-order valence-corrected chi connectivity index (χ3v) is 5.89. The first kappa shape index (κ1) is 16.5. The molecule has 8 heteroatoms. The van der Waals surface area contributed by atoms with E-state index in [1.807, 2.05) is 18.4 Å². The fourth-order valence-corrected chi connectivity index (χ4v) is 4.39. The van der Waals surface area contributed by atoms with Crippen molar-refractivity contribution in [1.29, 1.82) is 0 Å². The maximum atomic E-state index is 11.8. The first-order valence-electron chi connectivity index (χ1n) is 7.29. The Labute approximate surface area is 140 Å². The van der Waals surface area contributed by atoms with Gasteiger partial charge in [-0.05, 0) is 18.6 Å². The van der Waals surface area contributed by atoms with Gasteiger partial charge in [-0.15, -0.1) is 11.3 Å². The summed E-state index contributed by atoms with van der Waals surface area (Å²) in [5.41, 5.74) is 1.69. The SMILES string of the molecule is Cc1csc(C2COCCN2Cc2ccccc2S(N)(=O)=O)n1. The fourth-order valence-electron chi connectivity index (χ4n) is 2.71. The molecule has 0 bridgehead atoms. The lowest BCUT2D eigenvalue weighted by Crippen LogP contribution is -2.39. The van der Waals surface area contributed by atoms with Gasteiger partial charge in [0.2, 0.25) is 10.0 Å². The number of primary sulfonamides is 1. The second-order valence-corrected chi connectivity index (χ2v) is 7.96. The Morgan fingerprint density at radius 3 is 2.91 bits per heavy atom. The van der Waals surface area contributed by atoms with Gasteiger partial charge in [0.1, 0.15) is 5.01 Å². The Bertz CT molecular complexity index is 789. The monoisotopic (exact) mass is 353 g/mol. The fraction of sp³-hybridized carbons (Fsp3) is 0.400. The number of hydrogen-bond acceptors (Lipinski definition) is 6. The second kappa shape index (κ2) is 6.66. The summed E-state index contributed by atoms with van der Waals surface area (Å²) in [5, 5.41) is 8.34. The molecule has 0 radical (unpaired) electrons. The molecule has 1 atom stereocenters. The van der Waals surface area contributed by atoms with Crippen LogP contribution >= 0.6 is 11.3 Å². The quantitative estimate of drug-likeness (QED) is 0.904. The molecule has 0 aliphatic carbocycles. The summed E-state index contributed by atoms with van der Waals surface area (Å²) in [7, 11) is -3.73. The van der Waals surface area contributed by atoms with E-state index >= 15 is 0 Å². The number of ether oxygens (including phenoxy) is 1. The average molecular weight is 353 g/mol. The zero-order valence-corrected chi connectivity index (χ0v) is 14.4. The molecule has 1 aromatic heterocycles. The number of benzene rings is 1. The van der Waals surface area contributed by atoms with Crippen molar-refractivity contribution < 1.29 is 13.2 Å². The van der Waals surface area contributed by atoms with Crippen LogP contribution in [0.15, 0.2) is 34.5 Å². The van der Waals surface area contributed by atoms with E-state index in [0.717, 1.165) is 17.2 Å². The third-order valence-electron chi connectivity index (χ3n) is 3.81. The summed E-state index contributed by atoms with van der Waals surface area (Å²) in [6, 6.07) is 6.90. The average Bonchev–Trinajstić information content (AvgIpc) is 2.94. The molecule has 0 spiro atoms. The molecule has 1 aliphatic rings. The molecular weight excluding hydrogens is 334 g/mol. The predicted molar refractivity (Wildman–Crippen MR) is 88.6 cm³/mol.